The van der Waals surface area contributed by atoms with Crippen molar-refractivity contribution in [1.82, 2.24) is 4.57 Å². The first-order chi connectivity index (χ1) is 12.2. The minimum absolute atomic E-state index is 0.218. The van der Waals surface area contributed by atoms with Gasteiger partial charge in [-0.3, -0.25) is 4.79 Å². The fraction of sp³-hybridized carbons (Fsp3) is 0.211. The first kappa shape index (κ1) is 18.1. The van der Waals surface area contributed by atoms with Crippen LogP contribution in [0.4, 0.5) is 4.39 Å². The molecule has 0 spiro atoms. The molecule has 7 heteroatoms. The van der Waals surface area contributed by atoms with E-state index in [1.807, 2.05) is 0 Å². The summed E-state index contributed by atoms with van der Waals surface area (Å²) in [5, 5.41) is 9.77. The predicted molar refractivity (Wildman–Crippen MR) is 96.6 cm³/mol. The van der Waals surface area contributed by atoms with E-state index in [2.05, 4.69) is 0 Å². The lowest BCUT2D eigenvalue weighted by atomic mass is 10.0. The smallest absolute Gasteiger partial charge is 0.323 e. The van der Waals surface area contributed by atoms with Gasteiger partial charge in [-0.15, -0.1) is 0 Å². The first-order valence-corrected chi connectivity index (χ1v) is 9.84. The molecule has 1 N–H and O–H groups in total. The van der Waals surface area contributed by atoms with Crippen molar-refractivity contribution in [3.05, 3.63) is 65.1 Å². The van der Waals surface area contributed by atoms with Crippen LogP contribution in [0.1, 0.15) is 16.8 Å². The van der Waals surface area contributed by atoms with Crippen molar-refractivity contribution < 1.29 is 22.7 Å². The van der Waals surface area contributed by atoms with Crippen LogP contribution in [0.3, 0.4) is 0 Å². The molecule has 1 heterocycles. The minimum atomic E-state index is -3.42. The molecule has 5 nitrogen and oxygen atoms in total. The van der Waals surface area contributed by atoms with Crippen molar-refractivity contribution in [2.24, 2.45) is 0 Å². The number of hydrogen-bond acceptors (Lipinski definition) is 3. The normalized spacial score (nSPS) is 11.8. The topological polar surface area (TPSA) is 76.4 Å². The molecular weight excluding hydrogens is 357 g/mol. The Morgan fingerprint density at radius 3 is 2.54 bits per heavy atom. The molecular formula is C19H18FNO4S. The van der Waals surface area contributed by atoms with E-state index in [0.717, 1.165) is 11.8 Å². The lowest BCUT2D eigenvalue weighted by Crippen LogP contribution is -2.10. The molecule has 0 amide bonds. The second kappa shape index (κ2) is 6.57. The van der Waals surface area contributed by atoms with E-state index in [-0.39, 0.29) is 17.9 Å². The summed E-state index contributed by atoms with van der Waals surface area (Å²) in [4.78, 5) is 11.4. The van der Waals surface area contributed by atoms with Gasteiger partial charge in [0.2, 0.25) is 0 Å². The van der Waals surface area contributed by atoms with Gasteiger partial charge < -0.3 is 9.67 Å². The summed E-state index contributed by atoms with van der Waals surface area (Å²) in [6.45, 7) is 1.51. The second-order valence-electron chi connectivity index (χ2n) is 6.26. The number of benzene rings is 2. The number of hydrogen-bond donors (Lipinski definition) is 1. The molecule has 0 saturated carbocycles. The van der Waals surface area contributed by atoms with Crippen LogP contribution in [0.2, 0.25) is 0 Å². The second-order valence-corrected chi connectivity index (χ2v) is 8.25. The fourth-order valence-corrected chi connectivity index (χ4v) is 4.23. The maximum atomic E-state index is 13.8. The van der Waals surface area contributed by atoms with Gasteiger partial charge in [0.25, 0.3) is 0 Å². The summed E-state index contributed by atoms with van der Waals surface area (Å²) < 4.78 is 39.5. The van der Waals surface area contributed by atoms with Gasteiger partial charge in [-0.25, -0.2) is 12.8 Å². The van der Waals surface area contributed by atoms with Crippen LogP contribution in [0.5, 0.6) is 0 Å². The van der Waals surface area contributed by atoms with E-state index < -0.39 is 21.6 Å². The lowest BCUT2D eigenvalue weighted by Gasteiger charge is -2.09. The van der Waals surface area contributed by atoms with Crippen LogP contribution in [0.25, 0.3) is 10.9 Å². The van der Waals surface area contributed by atoms with Gasteiger partial charge in [0.15, 0.2) is 9.84 Å². The Labute approximate surface area is 150 Å². The van der Waals surface area contributed by atoms with Crippen LogP contribution in [-0.2, 0) is 27.6 Å². The molecule has 0 radical (unpaired) electrons. The predicted octanol–water partition coefficient (Wildman–Crippen LogP) is 3.17. The number of carboxylic acid groups (broad SMARTS) is 1. The molecule has 136 valence electrons. The van der Waals surface area contributed by atoms with Gasteiger partial charge >= 0.3 is 5.97 Å². The molecule has 0 fully saturated rings. The summed E-state index contributed by atoms with van der Waals surface area (Å²) in [7, 11) is -3.42. The van der Waals surface area contributed by atoms with Crippen molar-refractivity contribution in [2.45, 2.75) is 24.8 Å². The molecule has 2 aromatic carbocycles. The highest BCUT2D eigenvalue weighted by Gasteiger charge is 2.19. The summed E-state index contributed by atoms with van der Waals surface area (Å²) in [5.74, 6) is -1.43. The average Bonchev–Trinajstić information content (AvgIpc) is 2.79. The zero-order valence-corrected chi connectivity index (χ0v) is 15.2. The van der Waals surface area contributed by atoms with Crippen molar-refractivity contribution in [1.29, 1.82) is 0 Å². The number of aliphatic carboxylic acids is 1. The third kappa shape index (κ3) is 3.35. The molecule has 26 heavy (non-hydrogen) atoms. The number of sulfone groups is 1. The van der Waals surface area contributed by atoms with Crippen molar-refractivity contribution in [2.75, 3.05) is 6.26 Å². The van der Waals surface area contributed by atoms with Crippen LogP contribution in [0.15, 0.2) is 47.4 Å². The maximum absolute atomic E-state index is 13.8. The van der Waals surface area contributed by atoms with E-state index in [1.54, 1.807) is 35.8 Å². The lowest BCUT2D eigenvalue weighted by molar-refractivity contribution is -0.137. The highest BCUT2D eigenvalue weighted by molar-refractivity contribution is 7.90. The molecule has 0 aliphatic rings. The maximum Gasteiger partial charge on any atom is 0.323 e. The van der Waals surface area contributed by atoms with Gasteiger partial charge in [-0.05, 0) is 42.3 Å². The quantitative estimate of drug-likeness (QED) is 0.743. The van der Waals surface area contributed by atoms with Gasteiger partial charge in [-0.2, -0.15) is 0 Å². The Morgan fingerprint density at radius 2 is 1.88 bits per heavy atom. The molecule has 1 aromatic heterocycles. The third-order valence-electron chi connectivity index (χ3n) is 4.45. The standard InChI is InChI=1S/C19H18FNO4S/c1-12-15(9-13-5-3-4-6-18(13)26(2,24)25)16-10-14(20)7-8-17(16)21(12)11-19(22)23/h3-8,10H,9,11H2,1-2H3,(H,22,23). The van der Waals surface area contributed by atoms with Crippen LogP contribution < -0.4 is 0 Å². The summed E-state index contributed by atoms with van der Waals surface area (Å²) in [5.41, 5.74) is 2.60. The molecule has 0 bridgehead atoms. The number of nitrogens with zero attached hydrogens (tertiary/aromatic N) is 1. The highest BCUT2D eigenvalue weighted by atomic mass is 32.2. The van der Waals surface area contributed by atoms with Crippen LogP contribution >= 0.6 is 0 Å². The molecule has 3 rings (SSSR count). The highest BCUT2D eigenvalue weighted by Crippen LogP contribution is 2.30. The minimum Gasteiger partial charge on any atom is -0.480 e. The number of rotatable bonds is 5. The summed E-state index contributed by atoms with van der Waals surface area (Å²) in [6, 6.07) is 10.9. The first-order valence-electron chi connectivity index (χ1n) is 7.95. The number of carbonyl (C=O) groups is 1. The number of halogens is 1. The Kier molecular flexibility index (Phi) is 4.58. The molecule has 0 atom stereocenters. The number of fused-ring (bicyclic) bond motifs is 1. The summed E-state index contributed by atoms with van der Waals surface area (Å²) >= 11 is 0. The molecule has 0 aliphatic heterocycles. The zero-order valence-electron chi connectivity index (χ0n) is 14.4. The monoisotopic (exact) mass is 375 g/mol. The largest absolute Gasteiger partial charge is 0.480 e. The third-order valence-corrected chi connectivity index (χ3v) is 5.65. The van der Waals surface area contributed by atoms with Crippen LogP contribution in [-0.4, -0.2) is 30.3 Å². The Balaban J connectivity index is 2.22. The Hall–Kier alpha value is -2.67. The van der Waals surface area contributed by atoms with Gasteiger partial charge in [0, 0.05) is 29.3 Å². The molecule has 0 saturated heterocycles. The van der Waals surface area contributed by atoms with E-state index in [9.17, 15) is 22.7 Å². The van der Waals surface area contributed by atoms with Crippen molar-refractivity contribution in [3.8, 4) is 0 Å². The molecule has 0 unspecified atom stereocenters. The van der Waals surface area contributed by atoms with E-state index in [0.29, 0.717) is 22.2 Å². The fourth-order valence-electron chi connectivity index (χ4n) is 3.29. The van der Waals surface area contributed by atoms with Crippen molar-refractivity contribution in [3.63, 3.8) is 0 Å². The molecule has 0 aliphatic carbocycles. The van der Waals surface area contributed by atoms with Gasteiger partial charge in [0.1, 0.15) is 12.4 Å². The molecule has 3 aromatic rings. The van der Waals surface area contributed by atoms with Crippen molar-refractivity contribution >= 4 is 26.7 Å². The Bertz CT molecular complexity index is 1120. The van der Waals surface area contributed by atoms with E-state index >= 15 is 0 Å². The number of aromatic nitrogens is 1. The zero-order chi connectivity index (χ0) is 19.1. The number of carboxylic acids is 1. The van der Waals surface area contributed by atoms with Crippen LogP contribution in [0, 0.1) is 12.7 Å². The summed E-state index contributed by atoms with van der Waals surface area (Å²) in [6.07, 6.45) is 1.41. The SMILES string of the molecule is Cc1c(Cc2ccccc2S(C)(=O)=O)c2cc(F)ccc2n1CC(=O)O. The Morgan fingerprint density at radius 1 is 1.19 bits per heavy atom. The van der Waals surface area contributed by atoms with E-state index in [4.69, 9.17) is 0 Å². The van der Waals surface area contributed by atoms with E-state index in [1.165, 1.54) is 18.2 Å². The average molecular weight is 375 g/mol. The van der Waals surface area contributed by atoms with Gasteiger partial charge in [-0.1, -0.05) is 18.2 Å². The van der Waals surface area contributed by atoms with Gasteiger partial charge in [0.05, 0.1) is 4.90 Å².